The summed E-state index contributed by atoms with van der Waals surface area (Å²) in [6, 6.07) is -0.598. The summed E-state index contributed by atoms with van der Waals surface area (Å²) in [6.45, 7) is 2.18. The van der Waals surface area contributed by atoms with Gasteiger partial charge in [0.25, 0.3) is 0 Å². The third-order valence-electron chi connectivity index (χ3n) is 1.88. The fraction of sp³-hybridized carbons (Fsp3) is 0.875. The van der Waals surface area contributed by atoms with Gasteiger partial charge in [0.2, 0.25) is 0 Å². The molecule has 1 unspecified atom stereocenters. The Morgan fingerprint density at radius 2 is 2.00 bits per heavy atom. The average molecular weight is 213 g/mol. The van der Waals surface area contributed by atoms with Crippen LogP contribution in [-0.4, -0.2) is 41.3 Å². The molecule has 0 fully saturated rings. The summed E-state index contributed by atoms with van der Waals surface area (Å²) in [6.07, 6.45) is -4.55. The molecule has 0 aromatic heterocycles. The van der Waals surface area contributed by atoms with Crippen LogP contribution in [0.15, 0.2) is 0 Å². The number of alkyl halides is 3. The Morgan fingerprint density at radius 3 is 2.29 bits per heavy atom. The van der Waals surface area contributed by atoms with Crippen molar-refractivity contribution in [2.75, 3.05) is 13.1 Å². The van der Waals surface area contributed by atoms with E-state index in [1.54, 1.807) is 6.92 Å². The van der Waals surface area contributed by atoms with Crippen molar-refractivity contribution in [2.45, 2.75) is 32.5 Å². The van der Waals surface area contributed by atoms with Gasteiger partial charge in [0.1, 0.15) is 0 Å². The molecule has 3 nitrogen and oxygen atoms in total. The number of carboxylic acids is 1. The molecule has 0 amide bonds. The zero-order valence-electron chi connectivity index (χ0n) is 8.14. The van der Waals surface area contributed by atoms with E-state index >= 15 is 0 Å². The van der Waals surface area contributed by atoms with Crippen LogP contribution >= 0.6 is 0 Å². The number of hydrogen-bond donors (Lipinski definition) is 1. The van der Waals surface area contributed by atoms with E-state index in [2.05, 4.69) is 0 Å². The summed E-state index contributed by atoms with van der Waals surface area (Å²) in [5, 5.41) is 8.42. The Balaban J connectivity index is 4.19. The number of nitrogens with zero attached hydrogens (tertiary/aromatic N) is 1. The van der Waals surface area contributed by atoms with E-state index in [9.17, 15) is 18.0 Å². The first-order chi connectivity index (χ1) is 6.26. The molecule has 1 N–H and O–H groups in total. The zero-order valence-corrected chi connectivity index (χ0v) is 8.14. The van der Waals surface area contributed by atoms with Gasteiger partial charge in [0, 0.05) is 6.04 Å². The highest BCUT2D eigenvalue weighted by molar-refractivity contribution is 5.67. The van der Waals surface area contributed by atoms with E-state index in [0.717, 1.165) is 4.90 Å². The second kappa shape index (κ2) is 5.19. The zero-order chi connectivity index (χ0) is 11.4. The summed E-state index contributed by atoms with van der Waals surface area (Å²) in [4.78, 5) is 11.4. The molecule has 0 saturated heterocycles. The number of hydrogen-bond acceptors (Lipinski definition) is 2. The van der Waals surface area contributed by atoms with Gasteiger partial charge in [-0.15, -0.1) is 0 Å². The predicted molar refractivity (Wildman–Crippen MR) is 45.0 cm³/mol. The maximum absolute atomic E-state index is 12.0. The molecule has 0 aromatic rings. The van der Waals surface area contributed by atoms with Gasteiger partial charge in [-0.05, 0) is 13.5 Å². The van der Waals surface area contributed by atoms with Crippen LogP contribution in [0.3, 0.4) is 0 Å². The Kier molecular flexibility index (Phi) is 4.90. The first-order valence-corrected chi connectivity index (χ1v) is 4.29. The lowest BCUT2D eigenvalue weighted by atomic mass is 10.2. The van der Waals surface area contributed by atoms with Gasteiger partial charge < -0.3 is 5.11 Å². The number of halogens is 3. The molecule has 0 radical (unpaired) electrons. The maximum atomic E-state index is 12.0. The van der Waals surface area contributed by atoms with E-state index in [1.807, 2.05) is 0 Å². The van der Waals surface area contributed by atoms with Crippen LogP contribution in [0.2, 0.25) is 0 Å². The molecule has 0 heterocycles. The smallest absolute Gasteiger partial charge is 0.401 e. The van der Waals surface area contributed by atoms with Crippen LogP contribution < -0.4 is 0 Å². The highest BCUT2D eigenvalue weighted by Crippen LogP contribution is 2.18. The quantitative estimate of drug-likeness (QED) is 0.756. The monoisotopic (exact) mass is 213 g/mol. The van der Waals surface area contributed by atoms with Gasteiger partial charge in [0.05, 0.1) is 13.0 Å². The van der Waals surface area contributed by atoms with Crippen molar-refractivity contribution in [1.29, 1.82) is 0 Å². The van der Waals surface area contributed by atoms with Crippen molar-refractivity contribution in [3.8, 4) is 0 Å². The third-order valence-corrected chi connectivity index (χ3v) is 1.88. The molecule has 0 saturated carbocycles. The van der Waals surface area contributed by atoms with Crippen molar-refractivity contribution in [3.63, 3.8) is 0 Å². The van der Waals surface area contributed by atoms with E-state index in [1.165, 1.54) is 6.92 Å². The Bertz CT molecular complexity index is 194. The average Bonchev–Trinajstić information content (AvgIpc) is 1.96. The number of aliphatic carboxylic acids is 1. The predicted octanol–water partition coefficient (Wildman–Crippen LogP) is 1.73. The first-order valence-electron chi connectivity index (χ1n) is 4.29. The molecular weight excluding hydrogens is 199 g/mol. The minimum atomic E-state index is -4.28. The molecule has 0 bridgehead atoms. The van der Waals surface area contributed by atoms with Crippen LogP contribution in [0.25, 0.3) is 0 Å². The van der Waals surface area contributed by atoms with Gasteiger partial charge in [-0.2, -0.15) is 13.2 Å². The highest BCUT2D eigenvalue weighted by atomic mass is 19.4. The van der Waals surface area contributed by atoms with Crippen LogP contribution in [0.4, 0.5) is 13.2 Å². The lowest BCUT2D eigenvalue weighted by Gasteiger charge is -2.27. The minimum Gasteiger partial charge on any atom is -0.481 e. The maximum Gasteiger partial charge on any atom is 0.401 e. The second-order valence-corrected chi connectivity index (χ2v) is 3.13. The molecule has 6 heteroatoms. The fourth-order valence-corrected chi connectivity index (χ4v) is 1.19. The van der Waals surface area contributed by atoms with E-state index < -0.39 is 24.7 Å². The summed E-state index contributed by atoms with van der Waals surface area (Å²) in [7, 11) is 0. The summed E-state index contributed by atoms with van der Waals surface area (Å²) in [5.41, 5.74) is 0. The normalized spacial score (nSPS) is 14.4. The Labute approximate surface area is 80.5 Å². The van der Waals surface area contributed by atoms with Crippen LogP contribution in [-0.2, 0) is 4.79 Å². The van der Waals surface area contributed by atoms with Gasteiger partial charge in [0.15, 0.2) is 0 Å². The third kappa shape index (κ3) is 5.80. The molecule has 0 aliphatic rings. The van der Waals surface area contributed by atoms with Crippen LogP contribution in [0, 0.1) is 0 Å². The van der Waals surface area contributed by atoms with Crippen LogP contribution in [0.5, 0.6) is 0 Å². The lowest BCUT2D eigenvalue weighted by Crippen LogP contribution is -2.41. The van der Waals surface area contributed by atoms with E-state index in [-0.39, 0.29) is 13.0 Å². The lowest BCUT2D eigenvalue weighted by molar-refractivity contribution is -0.154. The van der Waals surface area contributed by atoms with Gasteiger partial charge in [-0.1, -0.05) is 6.92 Å². The molecule has 0 aliphatic heterocycles. The molecule has 1 atom stereocenters. The number of rotatable bonds is 5. The standard InChI is InChI=1S/C8H14F3NO2/c1-3-12(5-8(9,10)11)6(2)4-7(13)14/h6H,3-5H2,1-2H3,(H,13,14). The van der Waals surface area contributed by atoms with Crippen molar-refractivity contribution >= 4 is 5.97 Å². The van der Waals surface area contributed by atoms with Crippen LogP contribution in [0.1, 0.15) is 20.3 Å². The topological polar surface area (TPSA) is 40.5 Å². The van der Waals surface area contributed by atoms with E-state index in [0.29, 0.717) is 0 Å². The highest BCUT2D eigenvalue weighted by Gasteiger charge is 2.32. The van der Waals surface area contributed by atoms with Gasteiger partial charge >= 0.3 is 12.1 Å². The number of carbonyl (C=O) groups is 1. The fourth-order valence-electron chi connectivity index (χ4n) is 1.19. The van der Waals surface area contributed by atoms with Crippen molar-refractivity contribution in [2.24, 2.45) is 0 Å². The summed E-state index contributed by atoms with van der Waals surface area (Å²) >= 11 is 0. The minimum absolute atomic E-state index is 0.188. The van der Waals surface area contributed by atoms with Crippen molar-refractivity contribution < 1.29 is 23.1 Å². The van der Waals surface area contributed by atoms with Crippen molar-refractivity contribution in [1.82, 2.24) is 4.90 Å². The molecule has 0 aliphatic carbocycles. The molecular formula is C8H14F3NO2. The molecule has 14 heavy (non-hydrogen) atoms. The summed E-state index contributed by atoms with van der Waals surface area (Å²) in [5.74, 6) is -1.09. The molecule has 84 valence electrons. The molecule has 0 rings (SSSR count). The largest absolute Gasteiger partial charge is 0.481 e. The Hall–Kier alpha value is -0.780. The molecule has 0 aromatic carbocycles. The van der Waals surface area contributed by atoms with Gasteiger partial charge in [-0.25, -0.2) is 0 Å². The van der Waals surface area contributed by atoms with E-state index in [4.69, 9.17) is 5.11 Å². The summed E-state index contributed by atoms with van der Waals surface area (Å²) < 4.78 is 36.0. The second-order valence-electron chi connectivity index (χ2n) is 3.13. The Morgan fingerprint density at radius 1 is 1.50 bits per heavy atom. The van der Waals surface area contributed by atoms with Crippen molar-refractivity contribution in [3.05, 3.63) is 0 Å². The molecule has 0 spiro atoms. The number of carboxylic acid groups (broad SMARTS) is 1. The first kappa shape index (κ1) is 13.2. The van der Waals surface area contributed by atoms with Gasteiger partial charge in [-0.3, -0.25) is 9.69 Å². The SMILES string of the molecule is CCN(CC(F)(F)F)C(C)CC(=O)O.